The molecule has 24 heavy (non-hydrogen) atoms. The zero-order chi connectivity index (χ0) is 17.7. The van der Waals surface area contributed by atoms with Gasteiger partial charge < -0.3 is 0 Å². The minimum absolute atomic E-state index is 0.0985. The molecule has 0 radical (unpaired) electrons. The summed E-state index contributed by atoms with van der Waals surface area (Å²) in [5, 5.41) is 24.6. The first kappa shape index (κ1) is 17.0. The molecule has 1 N–H and O–H groups in total. The predicted molar refractivity (Wildman–Crippen MR) is 84.1 cm³/mol. The molecule has 0 aliphatic carbocycles. The summed E-state index contributed by atoms with van der Waals surface area (Å²) >= 11 is 0. The van der Waals surface area contributed by atoms with Crippen molar-refractivity contribution in [2.24, 2.45) is 5.10 Å². The van der Waals surface area contributed by atoms with E-state index in [4.69, 9.17) is 0 Å². The Hall–Kier alpha value is -3.34. The van der Waals surface area contributed by atoms with E-state index < -0.39 is 19.9 Å². The van der Waals surface area contributed by atoms with Crippen LogP contribution in [0.25, 0.3) is 0 Å². The molecule has 0 spiro atoms. The van der Waals surface area contributed by atoms with E-state index in [0.717, 1.165) is 24.3 Å². The van der Waals surface area contributed by atoms with Gasteiger partial charge in [0, 0.05) is 24.3 Å². The molecule has 0 heterocycles. The lowest BCUT2D eigenvalue weighted by Gasteiger charge is -2.02. The molecular weight excluding hydrogens is 340 g/mol. The van der Waals surface area contributed by atoms with Crippen LogP contribution in [0.3, 0.4) is 0 Å². The second-order valence-electron chi connectivity index (χ2n) is 4.45. The summed E-state index contributed by atoms with van der Waals surface area (Å²) in [6.07, 6.45) is 1.17. The molecule has 124 valence electrons. The highest BCUT2D eigenvalue weighted by Gasteiger charge is 2.14. The number of hydrogen-bond acceptors (Lipinski definition) is 7. The van der Waals surface area contributed by atoms with Crippen molar-refractivity contribution in [3.63, 3.8) is 0 Å². The van der Waals surface area contributed by atoms with Gasteiger partial charge in [-0.25, -0.2) is 4.83 Å². The molecule has 0 fully saturated rings. The fraction of sp³-hybridized carbons (Fsp3) is 0. The largest absolute Gasteiger partial charge is 0.276 e. The molecule has 11 heteroatoms. The maximum Gasteiger partial charge on any atom is 0.276 e. The van der Waals surface area contributed by atoms with E-state index in [2.05, 4.69) is 5.10 Å². The summed E-state index contributed by atoms with van der Waals surface area (Å²) < 4.78 is 23.9. The van der Waals surface area contributed by atoms with Crippen molar-refractivity contribution in [1.82, 2.24) is 4.83 Å². The minimum Gasteiger partial charge on any atom is -0.258 e. The van der Waals surface area contributed by atoms with Crippen LogP contribution in [0.1, 0.15) is 5.56 Å². The van der Waals surface area contributed by atoms with Crippen molar-refractivity contribution >= 4 is 27.6 Å². The van der Waals surface area contributed by atoms with E-state index in [9.17, 15) is 28.6 Å². The number of hydrazone groups is 1. The Morgan fingerprint density at radius 3 is 1.79 bits per heavy atom. The van der Waals surface area contributed by atoms with Crippen LogP contribution < -0.4 is 4.83 Å². The number of nitrogens with zero attached hydrogens (tertiary/aromatic N) is 3. The van der Waals surface area contributed by atoms with Gasteiger partial charge in [0.05, 0.1) is 21.0 Å². The average Bonchev–Trinajstić information content (AvgIpc) is 2.55. The number of nitro benzene ring substituents is 2. The Morgan fingerprint density at radius 1 is 0.875 bits per heavy atom. The van der Waals surface area contributed by atoms with Crippen molar-refractivity contribution in [2.45, 2.75) is 4.90 Å². The zero-order valence-electron chi connectivity index (χ0n) is 11.9. The van der Waals surface area contributed by atoms with Crippen molar-refractivity contribution < 1.29 is 18.3 Å². The highest BCUT2D eigenvalue weighted by atomic mass is 32.2. The number of benzene rings is 2. The van der Waals surface area contributed by atoms with Crippen molar-refractivity contribution in [2.75, 3.05) is 0 Å². The third kappa shape index (κ3) is 4.10. The Kier molecular flexibility index (Phi) is 4.84. The Labute approximate surface area is 135 Å². The second-order valence-corrected chi connectivity index (χ2v) is 6.11. The fourth-order valence-corrected chi connectivity index (χ4v) is 2.44. The molecule has 0 atom stereocenters. The van der Waals surface area contributed by atoms with Crippen molar-refractivity contribution in [1.29, 1.82) is 0 Å². The summed E-state index contributed by atoms with van der Waals surface area (Å²) in [5.41, 5.74) is 0.119. The van der Waals surface area contributed by atoms with Gasteiger partial charge in [0.1, 0.15) is 0 Å². The van der Waals surface area contributed by atoms with Gasteiger partial charge in [0.15, 0.2) is 0 Å². The molecule has 2 rings (SSSR count). The van der Waals surface area contributed by atoms with E-state index in [-0.39, 0.29) is 16.3 Å². The van der Waals surface area contributed by atoms with Gasteiger partial charge in [-0.3, -0.25) is 20.2 Å². The lowest BCUT2D eigenvalue weighted by atomic mass is 10.2. The van der Waals surface area contributed by atoms with Crippen molar-refractivity contribution in [3.8, 4) is 0 Å². The van der Waals surface area contributed by atoms with Crippen LogP contribution in [-0.4, -0.2) is 24.5 Å². The number of hydrogen-bond donors (Lipinski definition) is 1. The minimum atomic E-state index is -3.97. The number of sulfonamides is 1. The highest BCUT2D eigenvalue weighted by Crippen LogP contribution is 2.15. The molecule has 0 unspecified atom stereocenters. The molecule has 2 aromatic carbocycles. The Morgan fingerprint density at radius 2 is 1.33 bits per heavy atom. The zero-order valence-corrected chi connectivity index (χ0v) is 12.7. The van der Waals surface area contributed by atoms with Gasteiger partial charge in [-0.1, -0.05) is 0 Å². The summed E-state index contributed by atoms with van der Waals surface area (Å²) in [5.74, 6) is 0. The normalized spacial score (nSPS) is 11.3. The van der Waals surface area contributed by atoms with Crippen LogP contribution in [0.2, 0.25) is 0 Å². The predicted octanol–water partition coefficient (Wildman–Crippen LogP) is 1.82. The summed E-state index contributed by atoms with van der Waals surface area (Å²) in [6.45, 7) is 0. The number of non-ortho nitro benzene ring substituents is 2. The molecule has 10 nitrogen and oxygen atoms in total. The SMILES string of the molecule is O=[N+]([O-])c1ccc(/C=N/NS(=O)(=O)c2ccc([N+](=O)[O-])cc2)cc1. The van der Waals surface area contributed by atoms with Gasteiger partial charge in [-0.05, 0) is 29.8 Å². The first-order valence-corrected chi connectivity index (χ1v) is 7.82. The third-order valence-corrected chi connectivity index (χ3v) is 4.09. The van der Waals surface area contributed by atoms with Gasteiger partial charge in [0.25, 0.3) is 21.4 Å². The molecule has 0 aromatic heterocycles. The molecular formula is C13H10N4O6S. The van der Waals surface area contributed by atoms with Crippen LogP contribution >= 0.6 is 0 Å². The van der Waals surface area contributed by atoms with Gasteiger partial charge >= 0.3 is 0 Å². The maximum atomic E-state index is 12.0. The molecule has 0 saturated heterocycles. The molecule has 0 aliphatic heterocycles. The van der Waals surface area contributed by atoms with Crippen LogP contribution in [0.15, 0.2) is 58.5 Å². The number of rotatable bonds is 6. The summed E-state index contributed by atoms with van der Waals surface area (Å²) in [7, 11) is -3.97. The average molecular weight is 350 g/mol. The second kappa shape index (κ2) is 6.83. The van der Waals surface area contributed by atoms with Gasteiger partial charge in [-0.2, -0.15) is 13.5 Å². The third-order valence-electron chi connectivity index (χ3n) is 2.85. The Bertz CT molecular complexity index is 891. The first-order valence-electron chi connectivity index (χ1n) is 6.33. The number of nitrogens with one attached hydrogen (secondary N) is 1. The molecule has 0 bridgehead atoms. The summed E-state index contributed by atoms with van der Waals surface area (Å²) in [4.78, 5) is 21.6. The molecule has 0 amide bonds. The van der Waals surface area contributed by atoms with Gasteiger partial charge in [0.2, 0.25) is 0 Å². The van der Waals surface area contributed by atoms with Crippen LogP contribution in [-0.2, 0) is 10.0 Å². The van der Waals surface area contributed by atoms with Crippen LogP contribution in [0.5, 0.6) is 0 Å². The first-order chi connectivity index (χ1) is 11.3. The smallest absolute Gasteiger partial charge is 0.258 e. The lowest BCUT2D eigenvalue weighted by Crippen LogP contribution is -2.18. The van der Waals surface area contributed by atoms with Crippen LogP contribution in [0, 0.1) is 20.2 Å². The number of nitro groups is 2. The maximum absolute atomic E-state index is 12.0. The topological polar surface area (TPSA) is 145 Å². The summed E-state index contributed by atoms with van der Waals surface area (Å²) in [6, 6.07) is 9.62. The molecule has 2 aromatic rings. The monoisotopic (exact) mass is 350 g/mol. The fourth-order valence-electron chi connectivity index (χ4n) is 1.65. The van der Waals surface area contributed by atoms with E-state index in [1.54, 1.807) is 0 Å². The standard InChI is InChI=1S/C13H10N4O6S/c18-16(19)11-3-1-10(2-4-11)9-14-15-24(22,23)13-7-5-12(6-8-13)17(20)21/h1-9,15H/b14-9+. The Balaban J connectivity index is 2.08. The van der Waals surface area contributed by atoms with E-state index in [1.807, 2.05) is 4.83 Å². The molecule has 0 aliphatic rings. The van der Waals surface area contributed by atoms with E-state index >= 15 is 0 Å². The quantitative estimate of drug-likeness (QED) is 0.478. The van der Waals surface area contributed by atoms with E-state index in [1.165, 1.54) is 30.5 Å². The van der Waals surface area contributed by atoms with E-state index in [0.29, 0.717) is 5.56 Å². The van der Waals surface area contributed by atoms with Crippen molar-refractivity contribution in [3.05, 3.63) is 74.3 Å². The highest BCUT2D eigenvalue weighted by molar-refractivity contribution is 7.89. The lowest BCUT2D eigenvalue weighted by molar-refractivity contribution is -0.385. The van der Waals surface area contributed by atoms with Gasteiger partial charge in [-0.15, -0.1) is 0 Å². The molecule has 0 saturated carbocycles. The van der Waals surface area contributed by atoms with Crippen LogP contribution in [0.4, 0.5) is 11.4 Å².